The molecule has 7 heteroatoms. The summed E-state index contributed by atoms with van der Waals surface area (Å²) in [7, 11) is 0. The lowest BCUT2D eigenvalue weighted by atomic mass is 10.1. The second-order valence-corrected chi connectivity index (χ2v) is 4.82. The molecule has 4 N–H and O–H groups in total. The van der Waals surface area contributed by atoms with Crippen molar-refractivity contribution in [3.63, 3.8) is 0 Å². The third kappa shape index (κ3) is 6.14. The van der Waals surface area contributed by atoms with Gasteiger partial charge in [-0.25, -0.2) is 0 Å². The van der Waals surface area contributed by atoms with Crippen LogP contribution >= 0.6 is 12.4 Å². The van der Waals surface area contributed by atoms with Crippen molar-refractivity contribution in [2.24, 2.45) is 5.73 Å². The average Bonchev–Trinajstić information content (AvgIpc) is 3.06. The van der Waals surface area contributed by atoms with Gasteiger partial charge >= 0.3 is 0 Å². The molecule has 6 nitrogen and oxygen atoms in total. The number of nitrogens with two attached hydrogens (primary N) is 1. The van der Waals surface area contributed by atoms with Gasteiger partial charge in [-0.1, -0.05) is 30.3 Å². The summed E-state index contributed by atoms with van der Waals surface area (Å²) in [4.78, 5) is 23.4. The Bertz CT molecular complexity index is 602. The normalized spacial score (nSPS) is 11.2. The summed E-state index contributed by atoms with van der Waals surface area (Å²) in [6, 6.07) is 12.2. The summed E-state index contributed by atoms with van der Waals surface area (Å²) < 4.78 is 4.96. The summed E-state index contributed by atoms with van der Waals surface area (Å²) in [5, 5.41) is 5.33. The standard InChI is InChI=1S/C16H19N3O3.ClH/c17-13(11-12-5-2-1-3-6-12)15(20)18-8-9-19-16(21)14-7-4-10-22-14;/h1-7,10,13H,8-9,11,17H2,(H,18,20)(H,19,21);1H. The molecule has 1 atom stereocenters. The van der Waals surface area contributed by atoms with Crippen molar-refractivity contribution in [2.75, 3.05) is 13.1 Å². The maximum absolute atomic E-state index is 11.9. The summed E-state index contributed by atoms with van der Waals surface area (Å²) in [6.07, 6.45) is 1.91. The van der Waals surface area contributed by atoms with Crippen LogP contribution in [0.4, 0.5) is 0 Å². The third-order valence-electron chi connectivity index (χ3n) is 3.09. The van der Waals surface area contributed by atoms with Crippen LogP contribution in [0.15, 0.2) is 53.1 Å². The highest BCUT2D eigenvalue weighted by Crippen LogP contribution is 2.01. The lowest BCUT2D eigenvalue weighted by molar-refractivity contribution is -0.122. The molecule has 1 aromatic heterocycles. The molecule has 0 fully saturated rings. The van der Waals surface area contributed by atoms with Crippen molar-refractivity contribution in [3.8, 4) is 0 Å². The van der Waals surface area contributed by atoms with E-state index in [1.807, 2.05) is 30.3 Å². The van der Waals surface area contributed by atoms with Crippen LogP contribution in [0.5, 0.6) is 0 Å². The Morgan fingerprint density at radius 2 is 1.74 bits per heavy atom. The molecule has 0 radical (unpaired) electrons. The van der Waals surface area contributed by atoms with E-state index >= 15 is 0 Å². The van der Waals surface area contributed by atoms with Crippen LogP contribution in [-0.2, 0) is 11.2 Å². The van der Waals surface area contributed by atoms with E-state index in [9.17, 15) is 9.59 Å². The molecule has 23 heavy (non-hydrogen) atoms. The quantitative estimate of drug-likeness (QED) is 0.659. The van der Waals surface area contributed by atoms with Crippen LogP contribution in [0.2, 0.25) is 0 Å². The van der Waals surface area contributed by atoms with E-state index in [-0.39, 0.29) is 30.0 Å². The van der Waals surface area contributed by atoms with Crippen LogP contribution in [0.3, 0.4) is 0 Å². The van der Waals surface area contributed by atoms with Gasteiger partial charge in [0.1, 0.15) is 0 Å². The zero-order chi connectivity index (χ0) is 15.8. The smallest absolute Gasteiger partial charge is 0.287 e. The maximum atomic E-state index is 11.9. The molecule has 0 saturated heterocycles. The Hall–Kier alpha value is -2.31. The summed E-state index contributed by atoms with van der Waals surface area (Å²) in [6.45, 7) is 0.622. The van der Waals surface area contributed by atoms with E-state index < -0.39 is 6.04 Å². The molecule has 1 unspecified atom stereocenters. The Balaban J connectivity index is 0.00000264. The van der Waals surface area contributed by atoms with Crippen molar-refractivity contribution in [2.45, 2.75) is 12.5 Å². The largest absolute Gasteiger partial charge is 0.459 e. The fraction of sp³-hybridized carbons (Fsp3) is 0.250. The lowest BCUT2D eigenvalue weighted by Crippen LogP contribution is -2.44. The number of carbonyl (C=O) groups is 2. The highest BCUT2D eigenvalue weighted by Gasteiger charge is 2.13. The van der Waals surface area contributed by atoms with Crippen molar-refractivity contribution in [3.05, 3.63) is 60.1 Å². The molecular weight excluding hydrogens is 318 g/mol. The molecule has 0 aliphatic carbocycles. The number of hydrogen-bond acceptors (Lipinski definition) is 4. The number of hydrogen-bond donors (Lipinski definition) is 3. The SMILES string of the molecule is Cl.NC(Cc1ccccc1)C(=O)NCCNC(=O)c1ccco1. The first-order valence-electron chi connectivity index (χ1n) is 7.06. The summed E-state index contributed by atoms with van der Waals surface area (Å²) in [5.74, 6) is -0.309. The number of benzene rings is 1. The predicted molar refractivity (Wildman–Crippen MR) is 89.4 cm³/mol. The average molecular weight is 338 g/mol. The number of halogens is 1. The highest BCUT2D eigenvalue weighted by atomic mass is 35.5. The van der Waals surface area contributed by atoms with Gasteiger partial charge in [-0.15, -0.1) is 12.4 Å². The van der Waals surface area contributed by atoms with E-state index in [4.69, 9.17) is 10.2 Å². The van der Waals surface area contributed by atoms with E-state index in [0.29, 0.717) is 19.5 Å². The summed E-state index contributed by atoms with van der Waals surface area (Å²) >= 11 is 0. The van der Waals surface area contributed by atoms with Gasteiger partial charge in [0.05, 0.1) is 12.3 Å². The monoisotopic (exact) mass is 337 g/mol. The Labute approximate surface area is 140 Å². The molecule has 2 rings (SSSR count). The van der Waals surface area contributed by atoms with E-state index in [1.54, 1.807) is 12.1 Å². The van der Waals surface area contributed by atoms with Crippen LogP contribution in [0.25, 0.3) is 0 Å². The van der Waals surface area contributed by atoms with E-state index in [0.717, 1.165) is 5.56 Å². The lowest BCUT2D eigenvalue weighted by Gasteiger charge is -2.12. The van der Waals surface area contributed by atoms with Gasteiger partial charge in [-0.3, -0.25) is 9.59 Å². The van der Waals surface area contributed by atoms with Gasteiger partial charge in [0, 0.05) is 13.1 Å². The molecule has 0 spiro atoms. The zero-order valence-corrected chi connectivity index (χ0v) is 13.3. The van der Waals surface area contributed by atoms with Crippen LogP contribution in [0.1, 0.15) is 16.1 Å². The van der Waals surface area contributed by atoms with Crippen LogP contribution in [0, 0.1) is 0 Å². The summed E-state index contributed by atoms with van der Waals surface area (Å²) in [5.41, 5.74) is 6.86. The topological polar surface area (TPSA) is 97.4 Å². The highest BCUT2D eigenvalue weighted by molar-refractivity contribution is 5.91. The van der Waals surface area contributed by atoms with E-state index in [1.165, 1.54) is 6.26 Å². The molecule has 1 heterocycles. The van der Waals surface area contributed by atoms with Gasteiger partial charge in [0.25, 0.3) is 5.91 Å². The molecule has 2 amide bonds. The van der Waals surface area contributed by atoms with Crippen molar-refractivity contribution < 1.29 is 14.0 Å². The van der Waals surface area contributed by atoms with Crippen LogP contribution in [-0.4, -0.2) is 30.9 Å². The number of carbonyl (C=O) groups excluding carboxylic acids is 2. The fourth-order valence-electron chi connectivity index (χ4n) is 1.95. The van der Waals surface area contributed by atoms with Crippen LogP contribution < -0.4 is 16.4 Å². The molecule has 124 valence electrons. The second kappa shape index (κ2) is 9.66. The molecule has 0 bridgehead atoms. The molecule has 0 aliphatic rings. The molecule has 0 saturated carbocycles. The first-order chi connectivity index (χ1) is 10.7. The molecule has 2 aromatic rings. The van der Waals surface area contributed by atoms with Crippen molar-refractivity contribution in [1.29, 1.82) is 0 Å². The minimum absolute atomic E-state index is 0. The second-order valence-electron chi connectivity index (χ2n) is 4.82. The number of rotatable bonds is 7. The first kappa shape index (κ1) is 18.7. The Morgan fingerprint density at radius 3 is 2.39 bits per heavy atom. The van der Waals surface area contributed by atoms with Crippen molar-refractivity contribution >= 4 is 24.2 Å². The Kier molecular flexibility index (Phi) is 7.87. The minimum atomic E-state index is -0.608. The molecule has 1 aromatic carbocycles. The van der Waals surface area contributed by atoms with Gasteiger partial charge in [0.2, 0.25) is 5.91 Å². The molecular formula is C16H20ClN3O3. The van der Waals surface area contributed by atoms with Gasteiger partial charge in [-0.05, 0) is 24.1 Å². The maximum Gasteiger partial charge on any atom is 0.287 e. The van der Waals surface area contributed by atoms with Gasteiger partial charge in [0.15, 0.2) is 5.76 Å². The van der Waals surface area contributed by atoms with Gasteiger partial charge < -0.3 is 20.8 Å². The predicted octanol–water partition coefficient (Wildman–Crippen LogP) is 1.12. The minimum Gasteiger partial charge on any atom is -0.459 e. The first-order valence-corrected chi connectivity index (χ1v) is 7.06. The fourth-order valence-corrected chi connectivity index (χ4v) is 1.95. The zero-order valence-electron chi connectivity index (χ0n) is 12.5. The van der Waals surface area contributed by atoms with Crippen molar-refractivity contribution in [1.82, 2.24) is 10.6 Å². The number of nitrogens with one attached hydrogen (secondary N) is 2. The van der Waals surface area contributed by atoms with E-state index in [2.05, 4.69) is 10.6 Å². The molecule has 0 aliphatic heterocycles. The number of furan rings is 1. The van der Waals surface area contributed by atoms with Gasteiger partial charge in [-0.2, -0.15) is 0 Å². The number of amides is 2. The third-order valence-corrected chi connectivity index (χ3v) is 3.09. The Morgan fingerprint density at radius 1 is 1.04 bits per heavy atom.